The van der Waals surface area contributed by atoms with E-state index in [4.69, 9.17) is 28.3 Å². The number of amides is 2. The summed E-state index contributed by atoms with van der Waals surface area (Å²) >= 11 is 11.9. The first kappa shape index (κ1) is 14.9. The maximum Gasteiger partial charge on any atom is 0.321 e. The number of rotatable bonds is 2. The number of carbonyl (C=O) groups excluding carboxylic acids is 1. The van der Waals surface area contributed by atoms with Gasteiger partial charge in [0.25, 0.3) is 0 Å². The first-order valence-corrected chi connectivity index (χ1v) is 6.97. The number of hydrogen-bond donors (Lipinski definition) is 2. The van der Waals surface area contributed by atoms with E-state index in [9.17, 15) is 9.59 Å². The number of carboxylic acids is 1. The lowest BCUT2D eigenvalue weighted by molar-refractivity contribution is -0.143. The Labute approximate surface area is 126 Å². The smallest absolute Gasteiger partial charge is 0.321 e. The number of hydrogen-bond acceptors (Lipinski definition) is 2. The molecule has 0 saturated carbocycles. The predicted molar refractivity (Wildman–Crippen MR) is 77.4 cm³/mol. The van der Waals surface area contributed by atoms with Gasteiger partial charge in [0, 0.05) is 13.1 Å². The maximum atomic E-state index is 12.1. The fraction of sp³-hybridized carbons (Fsp3) is 0.385. The predicted octanol–water partition coefficient (Wildman–Crippen LogP) is 3.32. The summed E-state index contributed by atoms with van der Waals surface area (Å²) in [5, 5.41) is 12.3. The van der Waals surface area contributed by atoms with E-state index in [1.165, 1.54) is 4.90 Å². The zero-order valence-electron chi connectivity index (χ0n) is 10.6. The van der Waals surface area contributed by atoms with Crippen LogP contribution in [0.25, 0.3) is 0 Å². The summed E-state index contributed by atoms with van der Waals surface area (Å²) < 4.78 is 0. The van der Waals surface area contributed by atoms with E-state index < -0.39 is 11.9 Å². The van der Waals surface area contributed by atoms with Crippen LogP contribution in [0, 0.1) is 5.92 Å². The second kappa shape index (κ2) is 6.33. The number of piperidine rings is 1. The van der Waals surface area contributed by atoms with Crippen LogP contribution < -0.4 is 5.32 Å². The standard InChI is InChI=1S/C13H14Cl2N2O3/c14-9-4-1-5-10(11(9)15)16-13(20)17-6-2-3-8(7-17)12(18)19/h1,4-5,8H,2-3,6-7H2,(H,16,20)(H,18,19). The Hall–Kier alpha value is -1.46. The number of benzene rings is 1. The molecular formula is C13H14Cl2N2O3. The summed E-state index contributed by atoms with van der Waals surface area (Å²) in [7, 11) is 0. The molecule has 1 aliphatic heterocycles. The second-order valence-corrected chi connectivity index (χ2v) is 5.44. The summed E-state index contributed by atoms with van der Waals surface area (Å²) in [6.07, 6.45) is 1.27. The van der Waals surface area contributed by atoms with Crippen LogP contribution in [0.4, 0.5) is 10.5 Å². The average Bonchev–Trinajstić information content (AvgIpc) is 2.44. The Kier molecular flexibility index (Phi) is 4.73. The van der Waals surface area contributed by atoms with Crippen molar-refractivity contribution in [3.8, 4) is 0 Å². The van der Waals surface area contributed by atoms with Gasteiger partial charge < -0.3 is 15.3 Å². The molecule has 20 heavy (non-hydrogen) atoms. The van der Waals surface area contributed by atoms with E-state index in [0.29, 0.717) is 30.1 Å². The molecule has 2 amide bonds. The molecule has 0 aliphatic carbocycles. The van der Waals surface area contributed by atoms with Crippen LogP contribution in [0.15, 0.2) is 18.2 Å². The molecule has 0 aromatic heterocycles. The molecule has 5 nitrogen and oxygen atoms in total. The number of urea groups is 1. The van der Waals surface area contributed by atoms with Crippen LogP contribution in [0.2, 0.25) is 10.0 Å². The Morgan fingerprint density at radius 3 is 2.80 bits per heavy atom. The maximum absolute atomic E-state index is 12.1. The van der Waals surface area contributed by atoms with E-state index in [1.54, 1.807) is 18.2 Å². The molecule has 2 rings (SSSR count). The molecule has 1 heterocycles. The average molecular weight is 317 g/mol. The SMILES string of the molecule is O=C(O)C1CCCN(C(=O)Nc2cccc(Cl)c2Cl)C1. The van der Waals surface area contributed by atoms with Crippen LogP contribution in [0.3, 0.4) is 0 Å². The highest BCUT2D eigenvalue weighted by molar-refractivity contribution is 6.43. The lowest BCUT2D eigenvalue weighted by Crippen LogP contribution is -2.44. The van der Waals surface area contributed by atoms with Crippen molar-refractivity contribution in [2.75, 3.05) is 18.4 Å². The number of halogens is 2. The summed E-state index contributed by atoms with van der Waals surface area (Å²) in [4.78, 5) is 24.6. The number of carbonyl (C=O) groups is 2. The van der Waals surface area contributed by atoms with Crippen molar-refractivity contribution >= 4 is 40.9 Å². The van der Waals surface area contributed by atoms with E-state index in [1.807, 2.05) is 0 Å². The zero-order valence-corrected chi connectivity index (χ0v) is 12.1. The van der Waals surface area contributed by atoms with Crippen molar-refractivity contribution in [2.24, 2.45) is 5.92 Å². The monoisotopic (exact) mass is 316 g/mol. The van der Waals surface area contributed by atoms with Gasteiger partial charge >= 0.3 is 12.0 Å². The Bertz CT molecular complexity index is 536. The van der Waals surface area contributed by atoms with Gasteiger partial charge in [-0.2, -0.15) is 0 Å². The third-order valence-corrected chi connectivity index (χ3v) is 4.07. The lowest BCUT2D eigenvalue weighted by atomic mass is 9.99. The summed E-state index contributed by atoms with van der Waals surface area (Å²) in [6.45, 7) is 0.743. The van der Waals surface area contributed by atoms with Gasteiger partial charge in [-0.3, -0.25) is 4.79 Å². The fourth-order valence-electron chi connectivity index (χ4n) is 2.16. The third-order valence-electron chi connectivity index (χ3n) is 3.25. The number of aliphatic carboxylic acids is 1. The molecule has 2 N–H and O–H groups in total. The van der Waals surface area contributed by atoms with Crippen LogP contribution in [0.1, 0.15) is 12.8 Å². The van der Waals surface area contributed by atoms with E-state index >= 15 is 0 Å². The van der Waals surface area contributed by atoms with Crippen molar-refractivity contribution in [3.63, 3.8) is 0 Å². The lowest BCUT2D eigenvalue weighted by Gasteiger charge is -2.30. The van der Waals surface area contributed by atoms with Crippen molar-refractivity contribution in [3.05, 3.63) is 28.2 Å². The van der Waals surface area contributed by atoms with Crippen molar-refractivity contribution in [1.29, 1.82) is 0 Å². The van der Waals surface area contributed by atoms with Gasteiger partial charge in [0.15, 0.2) is 0 Å². The minimum atomic E-state index is -0.872. The van der Waals surface area contributed by atoms with Crippen molar-refractivity contribution in [2.45, 2.75) is 12.8 Å². The van der Waals surface area contributed by atoms with Gasteiger partial charge in [0.2, 0.25) is 0 Å². The van der Waals surface area contributed by atoms with Crippen molar-refractivity contribution < 1.29 is 14.7 Å². The fourth-order valence-corrected chi connectivity index (χ4v) is 2.51. The number of nitrogens with zero attached hydrogens (tertiary/aromatic N) is 1. The third kappa shape index (κ3) is 3.35. The first-order chi connectivity index (χ1) is 9.49. The molecular weight excluding hydrogens is 303 g/mol. The van der Waals surface area contributed by atoms with Crippen LogP contribution in [0.5, 0.6) is 0 Å². The summed E-state index contributed by atoms with van der Waals surface area (Å²) in [5.41, 5.74) is 0.418. The Morgan fingerprint density at radius 1 is 1.35 bits per heavy atom. The van der Waals surface area contributed by atoms with Gasteiger partial charge in [-0.15, -0.1) is 0 Å². The molecule has 1 aromatic carbocycles. The minimum absolute atomic E-state index is 0.208. The molecule has 1 unspecified atom stereocenters. The van der Waals surface area contributed by atoms with E-state index in [-0.39, 0.29) is 17.6 Å². The van der Waals surface area contributed by atoms with Gasteiger partial charge in [0.1, 0.15) is 0 Å². The number of likely N-dealkylation sites (tertiary alicyclic amines) is 1. The molecule has 1 aliphatic rings. The zero-order chi connectivity index (χ0) is 14.7. The molecule has 1 atom stereocenters. The van der Waals surface area contributed by atoms with Gasteiger partial charge in [-0.1, -0.05) is 29.3 Å². The van der Waals surface area contributed by atoms with Gasteiger partial charge in [0.05, 0.1) is 21.7 Å². The summed E-state index contributed by atoms with van der Waals surface area (Å²) in [5.74, 6) is -1.38. The molecule has 108 valence electrons. The second-order valence-electron chi connectivity index (χ2n) is 4.65. The molecule has 1 saturated heterocycles. The molecule has 0 bridgehead atoms. The molecule has 1 aromatic rings. The number of anilines is 1. The molecule has 0 spiro atoms. The van der Waals surface area contributed by atoms with Crippen LogP contribution >= 0.6 is 23.2 Å². The largest absolute Gasteiger partial charge is 0.481 e. The van der Waals surface area contributed by atoms with Crippen LogP contribution in [-0.4, -0.2) is 35.1 Å². The van der Waals surface area contributed by atoms with Gasteiger partial charge in [-0.25, -0.2) is 4.79 Å². The normalized spacial score (nSPS) is 18.7. The molecule has 7 heteroatoms. The Morgan fingerprint density at radius 2 is 2.10 bits per heavy atom. The van der Waals surface area contributed by atoms with E-state index in [2.05, 4.69) is 5.32 Å². The first-order valence-electron chi connectivity index (χ1n) is 6.22. The number of carboxylic acid groups (broad SMARTS) is 1. The molecule has 0 radical (unpaired) electrons. The minimum Gasteiger partial charge on any atom is -0.481 e. The van der Waals surface area contributed by atoms with Crippen molar-refractivity contribution in [1.82, 2.24) is 4.90 Å². The van der Waals surface area contributed by atoms with Crippen LogP contribution in [-0.2, 0) is 4.79 Å². The topological polar surface area (TPSA) is 69.6 Å². The van der Waals surface area contributed by atoms with E-state index in [0.717, 1.165) is 0 Å². The number of nitrogens with one attached hydrogen (secondary N) is 1. The summed E-state index contributed by atoms with van der Waals surface area (Å²) in [6, 6.07) is 4.59. The molecule has 1 fully saturated rings. The Balaban J connectivity index is 2.04. The highest BCUT2D eigenvalue weighted by Crippen LogP contribution is 2.30. The highest BCUT2D eigenvalue weighted by Gasteiger charge is 2.28. The highest BCUT2D eigenvalue weighted by atomic mass is 35.5. The van der Waals surface area contributed by atoms with Gasteiger partial charge in [-0.05, 0) is 25.0 Å². The quantitative estimate of drug-likeness (QED) is 0.879.